The number of imide groups is 1. The maximum atomic E-state index is 11.9. The van der Waals surface area contributed by atoms with Crippen LogP contribution >= 0.6 is 0 Å². The lowest BCUT2D eigenvalue weighted by Gasteiger charge is -2.17. The van der Waals surface area contributed by atoms with E-state index in [0.29, 0.717) is 0 Å². The predicted octanol–water partition coefficient (Wildman–Crippen LogP) is -1.46. The normalized spacial score (nSPS) is 39.6. The number of carboxylic acids is 1. The second-order valence-corrected chi connectivity index (χ2v) is 4.63. The number of fused-ring (bicyclic) bond motifs is 5. The van der Waals surface area contributed by atoms with Gasteiger partial charge in [0.15, 0.2) is 0 Å². The number of carbonyl (C=O) groups excluding carboxylic acids is 3. The van der Waals surface area contributed by atoms with Gasteiger partial charge in [-0.1, -0.05) is 12.2 Å². The molecule has 5 nitrogen and oxygen atoms in total. The summed E-state index contributed by atoms with van der Waals surface area (Å²) in [6.45, 7) is -0.607. The fraction of sp³-hybridized carbons (Fsp3) is 0.545. The molecule has 1 saturated carbocycles. The van der Waals surface area contributed by atoms with Crippen LogP contribution in [0.1, 0.15) is 6.42 Å². The van der Waals surface area contributed by atoms with Crippen molar-refractivity contribution in [3.8, 4) is 0 Å². The first-order valence-corrected chi connectivity index (χ1v) is 5.33. The summed E-state index contributed by atoms with van der Waals surface area (Å²) in [5.74, 6) is -2.45. The summed E-state index contributed by atoms with van der Waals surface area (Å²) in [7, 11) is 0. The minimum absolute atomic E-state index is 0.123. The smallest absolute Gasteiger partial charge is 0.234 e. The van der Waals surface area contributed by atoms with Crippen molar-refractivity contribution in [3.63, 3.8) is 0 Å². The van der Waals surface area contributed by atoms with E-state index in [2.05, 4.69) is 0 Å². The number of aliphatic carboxylic acids is 1. The molecule has 4 atom stereocenters. The molecule has 1 aliphatic heterocycles. The summed E-state index contributed by atoms with van der Waals surface area (Å²) < 4.78 is 0. The van der Waals surface area contributed by atoms with Crippen LogP contribution in [0.5, 0.6) is 0 Å². The Bertz CT molecular complexity index is 398. The quantitative estimate of drug-likeness (QED) is 0.421. The van der Waals surface area contributed by atoms with Crippen molar-refractivity contribution in [2.45, 2.75) is 6.42 Å². The van der Waals surface area contributed by atoms with Gasteiger partial charge in [0.1, 0.15) is 0 Å². The van der Waals surface area contributed by atoms with Crippen molar-refractivity contribution in [3.05, 3.63) is 12.2 Å². The molecule has 1 heterocycles. The van der Waals surface area contributed by atoms with Crippen LogP contribution in [-0.2, 0) is 14.4 Å². The topological polar surface area (TPSA) is 77.5 Å². The third-order valence-electron chi connectivity index (χ3n) is 3.85. The largest absolute Gasteiger partial charge is 0.548 e. The molecule has 84 valence electrons. The van der Waals surface area contributed by atoms with Gasteiger partial charge in [0, 0.05) is 0 Å². The highest BCUT2D eigenvalue weighted by Gasteiger charge is 2.59. The lowest BCUT2D eigenvalue weighted by atomic mass is 9.85. The molecule has 0 aromatic carbocycles. The van der Waals surface area contributed by atoms with E-state index < -0.39 is 12.5 Å². The maximum absolute atomic E-state index is 11.9. The van der Waals surface area contributed by atoms with Crippen molar-refractivity contribution < 1.29 is 19.5 Å². The SMILES string of the molecule is O=C([O-])CN1C(=O)C2C3C=CC(C3)C2C1=O. The first-order chi connectivity index (χ1) is 7.59. The number of likely N-dealkylation sites (tertiary alicyclic amines) is 1. The number of carboxylic acid groups (broad SMARTS) is 1. The Hall–Kier alpha value is -1.65. The van der Waals surface area contributed by atoms with E-state index in [1.807, 2.05) is 12.2 Å². The summed E-state index contributed by atoms with van der Waals surface area (Å²) in [6, 6.07) is 0. The van der Waals surface area contributed by atoms with E-state index in [1.54, 1.807) is 0 Å². The average molecular weight is 220 g/mol. The molecular weight excluding hydrogens is 210 g/mol. The summed E-state index contributed by atoms with van der Waals surface area (Å²) in [5, 5.41) is 10.5. The Kier molecular flexibility index (Phi) is 1.75. The van der Waals surface area contributed by atoms with E-state index in [1.165, 1.54) is 0 Å². The fourth-order valence-corrected chi connectivity index (χ4v) is 3.25. The van der Waals surface area contributed by atoms with E-state index in [4.69, 9.17) is 0 Å². The molecule has 2 fully saturated rings. The Morgan fingerprint density at radius 1 is 1.25 bits per heavy atom. The third-order valence-corrected chi connectivity index (χ3v) is 3.85. The number of hydrogen-bond acceptors (Lipinski definition) is 4. The molecule has 4 unspecified atom stereocenters. The van der Waals surface area contributed by atoms with E-state index in [9.17, 15) is 19.5 Å². The Labute approximate surface area is 91.7 Å². The molecule has 3 rings (SSSR count). The van der Waals surface area contributed by atoms with Crippen molar-refractivity contribution in [2.75, 3.05) is 6.54 Å². The maximum Gasteiger partial charge on any atom is 0.234 e. The van der Waals surface area contributed by atoms with Gasteiger partial charge < -0.3 is 9.90 Å². The van der Waals surface area contributed by atoms with E-state index in [-0.39, 0.29) is 35.5 Å². The number of allylic oxidation sites excluding steroid dienone is 2. The zero-order chi connectivity index (χ0) is 11.4. The van der Waals surface area contributed by atoms with Gasteiger partial charge in [0.25, 0.3) is 0 Å². The standard InChI is InChI=1S/C11H11NO4/c13-7(14)4-12-10(15)8-5-1-2-6(3-5)9(8)11(12)16/h1-2,5-6,8-9H,3-4H2,(H,13,14)/p-1. The summed E-state index contributed by atoms with van der Waals surface area (Å²) in [6.07, 6.45) is 4.80. The number of carbonyl (C=O) groups is 3. The highest BCUT2D eigenvalue weighted by atomic mass is 16.4. The summed E-state index contributed by atoms with van der Waals surface area (Å²) in [4.78, 5) is 35.1. The first-order valence-electron chi connectivity index (χ1n) is 5.33. The average Bonchev–Trinajstić information content (AvgIpc) is 2.87. The number of rotatable bonds is 2. The summed E-state index contributed by atoms with van der Waals surface area (Å²) >= 11 is 0. The van der Waals surface area contributed by atoms with Gasteiger partial charge in [-0.05, 0) is 18.3 Å². The molecule has 1 saturated heterocycles. The van der Waals surface area contributed by atoms with E-state index in [0.717, 1.165) is 11.3 Å². The molecule has 16 heavy (non-hydrogen) atoms. The second-order valence-electron chi connectivity index (χ2n) is 4.63. The van der Waals surface area contributed by atoms with Gasteiger partial charge in [-0.2, -0.15) is 0 Å². The predicted molar refractivity (Wildman–Crippen MR) is 49.4 cm³/mol. The monoisotopic (exact) mass is 220 g/mol. The highest BCUT2D eigenvalue weighted by molar-refractivity contribution is 6.07. The van der Waals surface area contributed by atoms with Gasteiger partial charge in [-0.3, -0.25) is 14.5 Å². The lowest BCUT2D eigenvalue weighted by molar-refractivity contribution is -0.305. The molecule has 0 aromatic rings. The zero-order valence-corrected chi connectivity index (χ0v) is 8.46. The van der Waals surface area contributed by atoms with Crippen LogP contribution in [0.25, 0.3) is 0 Å². The molecule has 0 radical (unpaired) electrons. The molecule has 2 aliphatic carbocycles. The van der Waals surface area contributed by atoms with Gasteiger partial charge in [-0.15, -0.1) is 0 Å². The molecule has 0 aromatic heterocycles. The highest BCUT2D eigenvalue weighted by Crippen LogP contribution is 2.52. The molecule has 3 aliphatic rings. The minimum Gasteiger partial charge on any atom is -0.548 e. The lowest BCUT2D eigenvalue weighted by Crippen LogP contribution is -2.42. The van der Waals surface area contributed by atoms with Crippen LogP contribution < -0.4 is 5.11 Å². The Morgan fingerprint density at radius 3 is 2.19 bits per heavy atom. The van der Waals surface area contributed by atoms with Gasteiger partial charge in [0.05, 0.1) is 24.3 Å². The van der Waals surface area contributed by atoms with Gasteiger partial charge in [-0.25, -0.2) is 0 Å². The molecule has 0 spiro atoms. The van der Waals surface area contributed by atoms with Crippen molar-refractivity contribution in [2.24, 2.45) is 23.7 Å². The van der Waals surface area contributed by atoms with E-state index >= 15 is 0 Å². The van der Waals surface area contributed by atoms with Crippen LogP contribution in [0, 0.1) is 23.7 Å². The third kappa shape index (κ3) is 1.03. The van der Waals surface area contributed by atoms with Gasteiger partial charge in [0.2, 0.25) is 11.8 Å². The second kappa shape index (κ2) is 2.93. The number of amides is 2. The minimum atomic E-state index is -1.39. The van der Waals surface area contributed by atoms with Crippen molar-refractivity contribution in [1.29, 1.82) is 0 Å². The zero-order valence-electron chi connectivity index (χ0n) is 8.46. The van der Waals surface area contributed by atoms with Crippen molar-refractivity contribution in [1.82, 2.24) is 4.90 Å². The molecule has 0 N–H and O–H groups in total. The van der Waals surface area contributed by atoms with Crippen LogP contribution in [0.4, 0.5) is 0 Å². The first kappa shape index (κ1) is 9.57. The van der Waals surface area contributed by atoms with Crippen LogP contribution in [0.2, 0.25) is 0 Å². The molecule has 2 amide bonds. The van der Waals surface area contributed by atoms with Crippen LogP contribution in [-0.4, -0.2) is 29.2 Å². The Balaban J connectivity index is 1.91. The number of nitrogens with zero attached hydrogens (tertiary/aromatic N) is 1. The molecule has 5 heteroatoms. The van der Waals surface area contributed by atoms with Crippen molar-refractivity contribution >= 4 is 17.8 Å². The molecular formula is C11H10NO4-. The fourth-order valence-electron chi connectivity index (χ4n) is 3.25. The van der Waals surface area contributed by atoms with Crippen LogP contribution in [0.3, 0.4) is 0 Å². The Morgan fingerprint density at radius 2 is 1.75 bits per heavy atom. The van der Waals surface area contributed by atoms with Crippen LogP contribution in [0.15, 0.2) is 12.2 Å². The van der Waals surface area contributed by atoms with Gasteiger partial charge >= 0.3 is 0 Å². The molecule has 2 bridgehead atoms. The number of hydrogen-bond donors (Lipinski definition) is 0. The summed E-state index contributed by atoms with van der Waals surface area (Å²) in [5.41, 5.74) is 0.